The highest BCUT2D eigenvalue weighted by Gasteiger charge is 2.72. The van der Waals surface area contributed by atoms with E-state index in [-0.39, 0.29) is 15.8 Å². The zero-order valence-electron chi connectivity index (χ0n) is 14.6. The average Bonchev–Trinajstić information content (AvgIpc) is 3.02. The van der Waals surface area contributed by atoms with Crippen molar-refractivity contribution in [2.45, 2.75) is 25.9 Å². The molecular formula is C21H20Cl2O3. The lowest BCUT2D eigenvalue weighted by Crippen LogP contribution is -2.24. The van der Waals surface area contributed by atoms with Gasteiger partial charge < -0.3 is 9.47 Å². The van der Waals surface area contributed by atoms with Gasteiger partial charge in [0.05, 0.1) is 0 Å². The first-order valence-electron chi connectivity index (χ1n) is 8.35. The molecule has 0 aromatic heterocycles. The molecule has 0 radical (unpaired) electrons. The van der Waals surface area contributed by atoms with E-state index in [0.717, 1.165) is 17.1 Å². The summed E-state index contributed by atoms with van der Waals surface area (Å²) in [5.41, 5.74) is 0.0731. The standard InChI is InChI=1S/C21H20Cl2O3/c1-20(2)18(12-19(22)23)21(20,25-14-24)13-15-7-6-10-17(11-15)26-16-8-4-3-5-9-16/h3-12,14,18H,13H2,1-2H3. The van der Waals surface area contributed by atoms with Crippen molar-refractivity contribution in [1.82, 2.24) is 0 Å². The first-order chi connectivity index (χ1) is 12.4. The molecule has 2 atom stereocenters. The molecule has 1 aliphatic rings. The molecule has 1 fully saturated rings. The lowest BCUT2D eigenvalue weighted by atomic mass is 9.99. The summed E-state index contributed by atoms with van der Waals surface area (Å²) in [5.74, 6) is 1.45. The summed E-state index contributed by atoms with van der Waals surface area (Å²) < 4.78 is 11.6. The highest BCUT2D eigenvalue weighted by Crippen LogP contribution is 2.66. The van der Waals surface area contributed by atoms with E-state index in [2.05, 4.69) is 0 Å². The Balaban J connectivity index is 1.84. The summed E-state index contributed by atoms with van der Waals surface area (Å²) in [7, 11) is 0. The van der Waals surface area contributed by atoms with E-state index in [1.165, 1.54) is 0 Å². The number of para-hydroxylation sites is 1. The van der Waals surface area contributed by atoms with Crippen molar-refractivity contribution in [3.8, 4) is 11.5 Å². The Bertz CT molecular complexity index is 813. The minimum Gasteiger partial charge on any atom is -0.460 e. The normalized spacial score (nSPS) is 23.0. The second kappa shape index (κ2) is 7.34. The molecule has 0 aliphatic heterocycles. The Hall–Kier alpha value is -1.97. The minimum absolute atomic E-state index is 0.0519. The molecule has 0 saturated heterocycles. The van der Waals surface area contributed by atoms with Gasteiger partial charge >= 0.3 is 0 Å². The van der Waals surface area contributed by atoms with Gasteiger partial charge in [0.25, 0.3) is 6.47 Å². The second-order valence-electron chi connectivity index (χ2n) is 7.00. The van der Waals surface area contributed by atoms with E-state index in [1.807, 2.05) is 68.4 Å². The number of halogens is 2. The van der Waals surface area contributed by atoms with Gasteiger partial charge in [0, 0.05) is 17.8 Å². The van der Waals surface area contributed by atoms with Gasteiger partial charge in [-0.1, -0.05) is 67.4 Å². The van der Waals surface area contributed by atoms with Gasteiger partial charge in [-0.25, -0.2) is 0 Å². The number of benzene rings is 2. The number of hydrogen-bond acceptors (Lipinski definition) is 3. The third kappa shape index (κ3) is 3.60. The summed E-state index contributed by atoms with van der Waals surface area (Å²) >= 11 is 11.7. The van der Waals surface area contributed by atoms with E-state index in [1.54, 1.807) is 6.08 Å². The Labute approximate surface area is 163 Å². The molecule has 1 saturated carbocycles. The van der Waals surface area contributed by atoms with Crippen LogP contribution in [-0.4, -0.2) is 12.1 Å². The van der Waals surface area contributed by atoms with Crippen molar-refractivity contribution in [3.05, 3.63) is 70.7 Å². The van der Waals surface area contributed by atoms with Crippen LogP contribution in [0.1, 0.15) is 19.4 Å². The highest BCUT2D eigenvalue weighted by molar-refractivity contribution is 6.55. The lowest BCUT2D eigenvalue weighted by Gasteiger charge is -2.19. The van der Waals surface area contributed by atoms with Gasteiger partial charge in [0.1, 0.15) is 21.6 Å². The van der Waals surface area contributed by atoms with Crippen LogP contribution in [-0.2, 0) is 16.0 Å². The Morgan fingerprint density at radius 2 is 1.77 bits per heavy atom. The zero-order chi connectivity index (χ0) is 18.8. The summed E-state index contributed by atoms with van der Waals surface area (Å²) in [6.07, 6.45) is 2.30. The quantitative estimate of drug-likeness (QED) is 0.551. The average molecular weight is 391 g/mol. The number of carbonyl (C=O) groups excluding carboxylic acids is 1. The first kappa shape index (κ1) is 18.8. The molecule has 0 amide bonds. The van der Waals surface area contributed by atoms with E-state index in [0.29, 0.717) is 12.9 Å². The summed E-state index contributed by atoms with van der Waals surface area (Å²) in [4.78, 5) is 11.1. The molecule has 0 spiro atoms. The van der Waals surface area contributed by atoms with E-state index in [4.69, 9.17) is 32.7 Å². The fraction of sp³-hybridized carbons (Fsp3) is 0.286. The molecule has 26 heavy (non-hydrogen) atoms. The number of ether oxygens (including phenoxy) is 2. The number of hydrogen-bond donors (Lipinski definition) is 0. The predicted molar refractivity (Wildman–Crippen MR) is 104 cm³/mol. The van der Waals surface area contributed by atoms with Crippen LogP contribution in [0.3, 0.4) is 0 Å². The molecule has 5 heteroatoms. The maximum atomic E-state index is 11.1. The Morgan fingerprint density at radius 3 is 2.42 bits per heavy atom. The van der Waals surface area contributed by atoms with Crippen molar-refractivity contribution in [2.24, 2.45) is 11.3 Å². The van der Waals surface area contributed by atoms with Crippen molar-refractivity contribution in [1.29, 1.82) is 0 Å². The molecule has 0 N–H and O–H groups in total. The predicted octanol–water partition coefficient (Wildman–Crippen LogP) is 5.91. The highest BCUT2D eigenvalue weighted by atomic mass is 35.5. The lowest BCUT2D eigenvalue weighted by molar-refractivity contribution is -0.137. The first-order valence-corrected chi connectivity index (χ1v) is 9.11. The topological polar surface area (TPSA) is 35.5 Å². The van der Waals surface area contributed by atoms with Crippen LogP contribution in [0.2, 0.25) is 0 Å². The van der Waals surface area contributed by atoms with Crippen LogP contribution in [0.15, 0.2) is 65.2 Å². The van der Waals surface area contributed by atoms with Crippen LogP contribution >= 0.6 is 23.2 Å². The molecule has 0 heterocycles. The summed E-state index contributed by atoms with van der Waals surface area (Å²) in [5, 5.41) is 0. The van der Waals surface area contributed by atoms with Crippen LogP contribution in [0.4, 0.5) is 0 Å². The molecule has 1 aliphatic carbocycles. The smallest absolute Gasteiger partial charge is 0.293 e. The van der Waals surface area contributed by atoms with E-state index < -0.39 is 5.60 Å². The fourth-order valence-electron chi connectivity index (χ4n) is 3.66. The van der Waals surface area contributed by atoms with Gasteiger partial charge in [-0.2, -0.15) is 0 Å². The van der Waals surface area contributed by atoms with Crippen LogP contribution in [0.5, 0.6) is 11.5 Å². The second-order valence-corrected chi connectivity index (χ2v) is 8.01. The van der Waals surface area contributed by atoms with Gasteiger partial charge in [0.15, 0.2) is 0 Å². The molecule has 0 bridgehead atoms. The SMILES string of the molecule is CC1(C)C(C=C(Cl)Cl)C1(Cc1cccc(Oc2ccccc2)c1)OC=O. The molecule has 136 valence electrons. The molecule has 3 nitrogen and oxygen atoms in total. The Kier molecular flexibility index (Phi) is 5.31. The van der Waals surface area contributed by atoms with Crippen molar-refractivity contribution in [3.63, 3.8) is 0 Å². The van der Waals surface area contributed by atoms with E-state index >= 15 is 0 Å². The van der Waals surface area contributed by atoms with Crippen LogP contribution in [0.25, 0.3) is 0 Å². The third-order valence-corrected chi connectivity index (χ3v) is 5.43. The fourth-order valence-corrected chi connectivity index (χ4v) is 3.91. The number of rotatable bonds is 7. The third-order valence-electron chi connectivity index (χ3n) is 5.18. The molecule has 2 aromatic rings. The zero-order valence-corrected chi connectivity index (χ0v) is 16.1. The van der Waals surface area contributed by atoms with Crippen molar-refractivity contribution in [2.75, 3.05) is 0 Å². The Morgan fingerprint density at radius 1 is 1.08 bits per heavy atom. The van der Waals surface area contributed by atoms with Gasteiger partial charge in [0.2, 0.25) is 0 Å². The van der Waals surface area contributed by atoms with E-state index in [9.17, 15) is 4.79 Å². The van der Waals surface area contributed by atoms with Gasteiger partial charge in [-0.15, -0.1) is 0 Å². The van der Waals surface area contributed by atoms with Crippen molar-refractivity contribution >= 4 is 29.7 Å². The van der Waals surface area contributed by atoms with Crippen LogP contribution in [0, 0.1) is 11.3 Å². The summed E-state index contributed by atoms with van der Waals surface area (Å²) in [6.45, 7) is 4.58. The van der Waals surface area contributed by atoms with Gasteiger partial charge in [-0.05, 0) is 35.9 Å². The minimum atomic E-state index is -0.671. The molecule has 2 aromatic carbocycles. The van der Waals surface area contributed by atoms with Gasteiger partial charge in [-0.3, -0.25) is 4.79 Å². The van der Waals surface area contributed by atoms with Crippen molar-refractivity contribution < 1.29 is 14.3 Å². The molecular weight excluding hydrogens is 371 g/mol. The molecule has 3 rings (SSSR count). The maximum Gasteiger partial charge on any atom is 0.293 e. The summed E-state index contributed by atoms with van der Waals surface area (Å²) in [6, 6.07) is 17.4. The largest absolute Gasteiger partial charge is 0.460 e. The van der Waals surface area contributed by atoms with Crippen LogP contribution < -0.4 is 4.74 Å². The maximum absolute atomic E-state index is 11.1. The number of carbonyl (C=O) groups is 1. The monoisotopic (exact) mass is 390 g/mol. The molecule has 2 unspecified atom stereocenters.